The second-order valence-electron chi connectivity index (χ2n) is 6.35. The fraction of sp³-hybridized carbons (Fsp3) is 0.562. The van der Waals surface area contributed by atoms with Gasteiger partial charge in [0.1, 0.15) is 0 Å². The molecular formula is C16H20F3N3O2. The highest BCUT2D eigenvalue weighted by Crippen LogP contribution is 2.33. The van der Waals surface area contributed by atoms with Crippen LogP contribution < -0.4 is 15.4 Å². The van der Waals surface area contributed by atoms with E-state index >= 15 is 0 Å². The van der Waals surface area contributed by atoms with E-state index in [1.165, 1.54) is 31.0 Å². The van der Waals surface area contributed by atoms with Crippen molar-refractivity contribution in [2.45, 2.75) is 50.7 Å². The minimum atomic E-state index is -4.81. The molecule has 2 amide bonds. The standard InChI is InChI=1S/C16H20F3N3O2/c1-10-8-11(9-22(10)12-6-7-12)20-15(23)21-13-4-2-3-5-14(13)24-16(17,18)19/h2-5,10-12H,6-9H2,1H3,(H2,20,21,23)/t10-,11+/m1/s1. The zero-order valence-electron chi connectivity index (χ0n) is 13.3. The van der Waals surface area contributed by atoms with Gasteiger partial charge in [0.05, 0.1) is 5.69 Å². The van der Waals surface area contributed by atoms with E-state index in [-0.39, 0.29) is 11.7 Å². The third kappa shape index (κ3) is 4.31. The highest BCUT2D eigenvalue weighted by Gasteiger charge is 2.39. The number of ether oxygens (including phenoxy) is 1. The zero-order chi connectivity index (χ0) is 17.3. The van der Waals surface area contributed by atoms with Crippen molar-refractivity contribution in [2.75, 3.05) is 11.9 Å². The van der Waals surface area contributed by atoms with Crippen LogP contribution in [0.2, 0.25) is 0 Å². The molecule has 0 bridgehead atoms. The van der Waals surface area contributed by atoms with E-state index in [0.717, 1.165) is 19.0 Å². The molecule has 3 rings (SSSR count). The van der Waals surface area contributed by atoms with Gasteiger partial charge in [-0.15, -0.1) is 13.2 Å². The van der Waals surface area contributed by atoms with Crippen LogP contribution in [0, 0.1) is 0 Å². The second-order valence-corrected chi connectivity index (χ2v) is 6.35. The quantitative estimate of drug-likeness (QED) is 0.882. The normalized spacial score (nSPS) is 24.7. The maximum Gasteiger partial charge on any atom is 0.573 e. The van der Waals surface area contributed by atoms with Crippen molar-refractivity contribution in [1.29, 1.82) is 0 Å². The number of likely N-dealkylation sites (tertiary alicyclic amines) is 1. The summed E-state index contributed by atoms with van der Waals surface area (Å²) in [4.78, 5) is 14.5. The van der Waals surface area contributed by atoms with Crippen LogP contribution in [0.1, 0.15) is 26.2 Å². The predicted octanol–water partition coefficient (Wildman–Crippen LogP) is 3.33. The van der Waals surface area contributed by atoms with Gasteiger partial charge >= 0.3 is 12.4 Å². The van der Waals surface area contributed by atoms with Gasteiger partial charge in [-0.25, -0.2) is 4.79 Å². The minimum Gasteiger partial charge on any atom is -0.404 e. The molecule has 1 saturated heterocycles. The van der Waals surface area contributed by atoms with Crippen molar-refractivity contribution >= 4 is 11.7 Å². The molecule has 1 aliphatic carbocycles. The first kappa shape index (κ1) is 16.9. The van der Waals surface area contributed by atoms with Gasteiger partial charge in [-0.3, -0.25) is 4.90 Å². The third-order valence-electron chi connectivity index (χ3n) is 4.34. The molecule has 2 fully saturated rings. The molecule has 1 aliphatic heterocycles. The number of nitrogens with one attached hydrogen (secondary N) is 2. The average molecular weight is 343 g/mol. The summed E-state index contributed by atoms with van der Waals surface area (Å²) in [6, 6.07) is 5.98. The van der Waals surface area contributed by atoms with Crippen molar-refractivity contribution in [1.82, 2.24) is 10.2 Å². The van der Waals surface area contributed by atoms with Crippen molar-refractivity contribution in [3.8, 4) is 5.75 Å². The molecular weight excluding hydrogens is 323 g/mol. The number of halogens is 3. The lowest BCUT2D eigenvalue weighted by molar-refractivity contribution is -0.274. The molecule has 1 heterocycles. The summed E-state index contributed by atoms with van der Waals surface area (Å²) < 4.78 is 41.1. The molecule has 0 aromatic heterocycles. The Bertz CT molecular complexity index is 604. The van der Waals surface area contributed by atoms with E-state index in [9.17, 15) is 18.0 Å². The summed E-state index contributed by atoms with van der Waals surface area (Å²) in [5, 5.41) is 5.27. The summed E-state index contributed by atoms with van der Waals surface area (Å²) in [5.74, 6) is -0.431. The van der Waals surface area contributed by atoms with E-state index < -0.39 is 18.1 Å². The number of para-hydroxylation sites is 2. The molecule has 132 valence electrons. The van der Waals surface area contributed by atoms with Gasteiger partial charge in [0.25, 0.3) is 0 Å². The minimum absolute atomic E-state index is 0.00343. The maximum absolute atomic E-state index is 12.4. The largest absolute Gasteiger partial charge is 0.573 e. The summed E-state index contributed by atoms with van der Waals surface area (Å²) >= 11 is 0. The Morgan fingerprint density at radius 1 is 1.29 bits per heavy atom. The van der Waals surface area contributed by atoms with E-state index in [1.54, 1.807) is 0 Å². The first-order valence-electron chi connectivity index (χ1n) is 8.00. The van der Waals surface area contributed by atoms with E-state index in [0.29, 0.717) is 12.1 Å². The Morgan fingerprint density at radius 2 is 2.00 bits per heavy atom. The van der Waals surface area contributed by atoms with E-state index in [2.05, 4.69) is 27.2 Å². The van der Waals surface area contributed by atoms with Gasteiger partial charge in [-0.1, -0.05) is 12.1 Å². The monoisotopic (exact) mass is 343 g/mol. The van der Waals surface area contributed by atoms with E-state index in [1.807, 2.05) is 0 Å². The molecule has 0 radical (unpaired) electrons. The number of alkyl halides is 3. The molecule has 8 heteroatoms. The van der Waals surface area contributed by atoms with Crippen LogP contribution in [0.25, 0.3) is 0 Å². The average Bonchev–Trinajstić information content (AvgIpc) is 3.24. The topological polar surface area (TPSA) is 53.6 Å². The number of rotatable bonds is 4. The summed E-state index contributed by atoms with van der Waals surface area (Å²) in [7, 11) is 0. The molecule has 1 aromatic rings. The molecule has 1 saturated carbocycles. The van der Waals surface area contributed by atoms with Crippen LogP contribution in [0.4, 0.5) is 23.7 Å². The van der Waals surface area contributed by atoms with Crippen LogP contribution in [0.15, 0.2) is 24.3 Å². The number of hydrogen-bond donors (Lipinski definition) is 2. The highest BCUT2D eigenvalue weighted by molar-refractivity contribution is 5.91. The van der Waals surface area contributed by atoms with Crippen LogP contribution in [-0.4, -0.2) is 42.0 Å². The highest BCUT2D eigenvalue weighted by atomic mass is 19.4. The van der Waals surface area contributed by atoms with Gasteiger partial charge < -0.3 is 15.4 Å². The van der Waals surface area contributed by atoms with Gasteiger partial charge in [-0.2, -0.15) is 0 Å². The number of anilines is 1. The van der Waals surface area contributed by atoms with Gasteiger partial charge in [0.2, 0.25) is 0 Å². The van der Waals surface area contributed by atoms with Crippen LogP contribution in [-0.2, 0) is 0 Å². The Balaban J connectivity index is 1.57. The predicted molar refractivity (Wildman–Crippen MR) is 82.9 cm³/mol. The number of nitrogens with zero attached hydrogens (tertiary/aromatic N) is 1. The molecule has 5 nitrogen and oxygen atoms in total. The Kier molecular flexibility index (Phi) is 4.58. The molecule has 2 N–H and O–H groups in total. The Labute approximate surface area is 138 Å². The number of amides is 2. The summed E-state index contributed by atoms with van der Waals surface area (Å²) in [6.45, 7) is 2.91. The number of urea groups is 1. The van der Waals surface area contributed by atoms with Crippen molar-refractivity contribution in [3.05, 3.63) is 24.3 Å². The van der Waals surface area contributed by atoms with Crippen molar-refractivity contribution < 1.29 is 22.7 Å². The van der Waals surface area contributed by atoms with Gasteiger partial charge in [0.15, 0.2) is 5.75 Å². The molecule has 2 atom stereocenters. The maximum atomic E-state index is 12.4. The summed E-state index contributed by atoms with van der Waals surface area (Å²) in [6.07, 6.45) is -1.57. The number of benzene rings is 1. The van der Waals surface area contributed by atoms with Crippen molar-refractivity contribution in [3.63, 3.8) is 0 Å². The second kappa shape index (κ2) is 6.51. The number of carbonyl (C=O) groups is 1. The fourth-order valence-corrected chi connectivity index (χ4v) is 3.20. The van der Waals surface area contributed by atoms with Crippen LogP contribution in [0.5, 0.6) is 5.75 Å². The van der Waals surface area contributed by atoms with Crippen LogP contribution >= 0.6 is 0 Å². The SMILES string of the molecule is C[C@@H]1C[C@H](NC(=O)Nc2ccccc2OC(F)(F)F)CN1C1CC1. The molecule has 0 unspecified atom stereocenters. The van der Waals surface area contributed by atoms with E-state index in [4.69, 9.17) is 0 Å². The van der Waals surface area contributed by atoms with Gasteiger partial charge in [0, 0.05) is 24.7 Å². The molecule has 1 aromatic carbocycles. The number of carbonyl (C=O) groups excluding carboxylic acids is 1. The third-order valence-corrected chi connectivity index (χ3v) is 4.34. The van der Waals surface area contributed by atoms with Crippen LogP contribution in [0.3, 0.4) is 0 Å². The summed E-state index contributed by atoms with van der Waals surface area (Å²) in [5.41, 5.74) is -0.0163. The lowest BCUT2D eigenvalue weighted by atomic mass is 10.2. The zero-order valence-corrected chi connectivity index (χ0v) is 13.3. The lowest BCUT2D eigenvalue weighted by Crippen LogP contribution is -2.40. The Morgan fingerprint density at radius 3 is 2.67 bits per heavy atom. The number of hydrogen-bond acceptors (Lipinski definition) is 3. The van der Waals surface area contributed by atoms with Crippen molar-refractivity contribution in [2.24, 2.45) is 0 Å². The Hall–Kier alpha value is -1.96. The smallest absolute Gasteiger partial charge is 0.404 e. The first-order valence-corrected chi connectivity index (χ1v) is 8.00. The molecule has 0 spiro atoms. The molecule has 2 aliphatic rings. The lowest BCUT2D eigenvalue weighted by Gasteiger charge is -2.20. The fourth-order valence-electron chi connectivity index (χ4n) is 3.20. The first-order chi connectivity index (χ1) is 11.3. The molecule has 24 heavy (non-hydrogen) atoms. The van der Waals surface area contributed by atoms with Gasteiger partial charge in [-0.05, 0) is 38.3 Å².